The van der Waals surface area contributed by atoms with Crippen molar-refractivity contribution >= 4 is 23.1 Å². The van der Waals surface area contributed by atoms with Crippen molar-refractivity contribution in [3.8, 4) is 0 Å². The lowest BCUT2D eigenvalue weighted by atomic mass is 10.1. The Balaban J connectivity index is 2.89. The lowest BCUT2D eigenvalue weighted by Gasteiger charge is -2.20. The molecule has 1 heterocycles. The van der Waals surface area contributed by atoms with Gasteiger partial charge in [0.05, 0.1) is 11.5 Å². The molecule has 1 rings (SSSR count). The van der Waals surface area contributed by atoms with Crippen molar-refractivity contribution < 1.29 is 15.1 Å². The molecule has 0 saturated heterocycles. The van der Waals surface area contributed by atoms with E-state index >= 15 is 0 Å². The maximum absolute atomic E-state index is 10.7. The van der Waals surface area contributed by atoms with Crippen molar-refractivity contribution in [2.45, 2.75) is 12.5 Å². The number of pyridine rings is 1. The molecule has 0 saturated carbocycles. The van der Waals surface area contributed by atoms with Crippen LogP contribution in [0.15, 0.2) is 12.1 Å². The average molecular weight is 262 g/mol. The molecule has 0 aromatic carbocycles. The monoisotopic (exact) mass is 261 g/mol. The summed E-state index contributed by atoms with van der Waals surface area (Å²) >= 11 is 5.62. The van der Waals surface area contributed by atoms with Crippen LogP contribution in [0.5, 0.6) is 0 Å². The predicted molar refractivity (Wildman–Crippen MR) is 62.1 cm³/mol. The smallest absolute Gasteiger partial charge is 0.311 e. The third-order valence-electron chi connectivity index (χ3n) is 2.01. The van der Waals surface area contributed by atoms with E-state index in [4.69, 9.17) is 16.7 Å². The Morgan fingerprint density at radius 3 is 2.82 bits per heavy atom. The van der Waals surface area contributed by atoms with Gasteiger partial charge in [-0.2, -0.15) is 0 Å². The van der Waals surface area contributed by atoms with E-state index in [-0.39, 0.29) is 23.2 Å². The predicted octanol–water partition coefficient (Wildman–Crippen LogP) is 0.798. The fourth-order valence-corrected chi connectivity index (χ4v) is 1.18. The number of hydrogen-bond acceptors (Lipinski definition) is 6. The van der Waals surface area contributed by atoms with E-state index in [0.29, 0.717) is 0 Å². The quantitative estimate of drug-likeness (QED) is 0.411. The van der Waals surface area contributed by atoms with Gasteiger partial charge in [0.15, 0.2) is 0 Å². The van der Waals surface area contributed by atoms with E-state index in [1.165, 1.54) is 19.1 Å². The first-order chi connectivity index (χ1) is 7.85. The van der Waals surface area contributed by atoms with E-state index in [0.717, 1.165) is 0 Å². The van der Waals surface area contributed by atoms with Crippen molar-refractivity contribution in [3.05, 3.63) is 27.4 Å². The molecule has 94 valence electrons. The molecule has 0 aliphatic heterocycles. The Bertz CT molecular complexity index is 425. The van der Waals surface area contributed by atoms with Crippen LogP contribution in [0.3, 0.4) is 0 Å². The van der Waals surface area contributed by atoms with E-state index < -0.39 is 17.1 Å². The van der Waals surface area contributed by atoms with E-state index in [2.05, 4.69) is 10.3 Å². The SMILES string of the molecule is CC(O)(CO)CNc1nc(Cl)ccc1[N+](=O)[O-]. The van der Waals surface area contributed by atoms with Gasteiger partial charge in [-0.15, -0.1) is 0 Å². The van der Waals surface area contributed by atoms with Crippen LogP contribution in [0, 0.1) is 10.1 Å². The standard InChI is InChI=1S/C9H12ClN3O4/c1-9(15,5-14)4-11-8-6(13(16)17)2-3-7(10)12-8/h2-3,14-15H,4-5H2,1H3,(H,11,12). The van der Waals surface area contributed by atoms with Crippen LogP contribution in [0.1, 0.15) is 6.92 Å². The zero-order valence-electron chi connectivity index (χ0n) is 9.05. The second kappa shape index (κ2) is 5.26. The van der Waals surface area contributed by atoms with Gasteiger partial charge in [-0.25, -0.2) is 4.98 Å². The van der Waals surface area contributed by atoms with Gasteiger partial charge in [0.1, 0.15) is 10.8 Å². The maximum atomic E-state index is 10.7. The highest BCUT2D eigenvalue weighted by Crippen LogP contribution is 2.24. The first kappa shape index (κ1) is 13.6. The molecule has 7 nitrogen and oxygen atoms in total. The van der Waals surface area contributed by atoms with Crippen molar-refractivity contribution in [1.29, 1.82) is 0 Å². The zero-order chi connectivity index (χ0) is 13.1. The average Bonchev–Trinajstić information content (AvgIpc) is 2.26. The highest BCUT2D eigenvalue weighted by Gasteiger charge is 2.22. The summed E-state index contributed by atoms with van der Waals surface area (Å²) in [5.74, 6) is -0.0452. The van der Waals surface area contributed by atoms with E-state index in [1.54, 1.807) is 0 Å². The second-order valence-electron chi connectivity index (χ2n) is 3.77. The molecule has 1 aromatic rings. The number of nitrogens with one attached hydrogen (secondary N) is 1. The molecule has 0 aliphatic carbocycles. The third kappa shape index (κ3) is 3.81. The highest BCUT2D eigenvalue weighted by atomic mass is 35.5. The Kier molecular flexibility index (Phi) is 4.22. The Morgan fingerprint density at radius 2 is 2.29 bits per heavy atom. The Labute approximate surface area is 102 Å². The van der Waals surface area contributed by atoms with Crippen molar-refractivity contribution in [1.82, 2.24) is 4.98 Å². The summed E-state index contributed by atoms with van der Waals surface area (Å²) in [7, 11) is 0. The maximum Gasteiger partial charge on any atom is 0.311 e. The number of anilines is 1. The number of rotatable bonds is 5. The molecule has 0 amide bonds. The van der Waals surface area contributed by atoms with Crippen LogP contribution < -0.4 is 5.32 Å². The highest BCUT2D eigenvalue weighted by molar-refractivity contribution is 6.29. The minimum atomic E-state index is -1.39. The number of halogens is 1. The van der Waals surface area contributed by atoms with Gasteiger partial charge in [-0.1, -0.05) is 11.6 Å². The van der Waals surface area contributed by atoms with Gasteiger partial charge in [-0.3, -0.25) is 10.1 Å². The topological polar surface area (TPSA) is 109 Å². The molecule has 0 radical (unpaired) electrons. The van der Waals surface area contributed by atoms with Gasteiger partial charge in [0.25, 0.3) is 0 Å². The number of aliphatic hydroxyl groups is 2. The van der Waals surface area contributed by atoms with E-state index in [1.807, 2.05) is 0 Å². The minimum Gasteiger partial charge on any atom is -0.393 e. The van der Waals surface area contributed by atoms with Crippen molar-refractivity contribution in [2.75, 3.05) is 18.5 Å². The van der Waals surface area contributed by atoms with Gasteiger partial charge in [0, 0.05) is 12.6 Å². The van der Waals surface area contributed by atoms with Gasteiger partial charge in [0.2, 0.25) is 5.82 Å². The molecular formula is C9H12ClN3O4. The third-order valence-corrected chi connectivity index (χ3v) is 2.22. The summed E-state index contributed by atoms with van der Waals surface area (Å²) in [4.78, 5) is 13.8. The number of aliphatic hydroxyl groups excluding tert-OH is 1. The summed E-state index contributed by atoms with van der Waals surface area (Å²) in [6.45, 7) is 0.822. The number of nitro groups is 1. The molecular weight excluding hydrogens is 250 g/mol. The summed E-state index contributed by atoms with van der Waals surface area (Å²) in [5, 5.41) is 31.8. The summed E-state index contributed by atoms with van der Waals surface area (Å²) in [6, 6.07) is 2.51. The number of hydrogen-bond donors (Lipinski definition) is 3. The normalized spacial score (nSPS) is 14.1. The van der Waals surface area contributed by atoms with Crippen LogP contribution in [-0.2, 0) is 0 Å². The fourth-order valence-electron chi connectivity index (χ4n) is 1.04. The molecule has 3 N–H and O–H groups in total. The van der Waals surface area contributed by atoms with Gasteiger partial charge >= 0.3 is 5.69 Å². The molecule has 8 heteroatoms. The molecule has 1 atom stereocenters. The minimum absolute atomic E-state index is 0.0452. The van der Waals surface area contributed by atoms with Crippen molar-refractivity contribution in [3.63, 3.8) is 0 Å². The number of aromatic nitrogens is 1. The second-order valence-corrected chi connectivity index (χ2v) is 4.15. The molecule has 0 aliphatic rings. The summed E-state index contributed by atoms with van der Waals surface area (Å²) < 4.78 is 0. The fraction of sp³-hybridized carbons (Fsp3) is 0.444. The zero-order valence-corrected chi connectivity index (χ0v) is 9.81. The lowest BCUT2D eigenvalue weighted by Crippen LogP contribution is -2.37. The van der Waals surface area contributed by atoms with Gasteiger partial charge in [-0.05, 0) is 13.0 Å². The van der Waals surface area contributed by atoms with E-state index in [9.17, 15) is 15.2 Å². The first-order valence-electron chi connectivity index (χ1n) is 4.74. The van der Waals surface area contributed by atoms with Crippen LogP contribution in [0.25, 0.3) is 0 Å². The van der Waals surface area contributed by atoms with Crippen LogP contribution in [0.4, 0.5) is 11.5 Å². The molecule has 0 fully saturated rings. The Morgan fingerprint density at radius 1 is 1.65 bits per heavy atom. The van der Waals surface area contributed by atoms with Crippen LogP contribution >= 0.6 is 11.6 Å². The summed E-state index contributed by atoms with van der Waals surface area (Å²) in [5.41, 5.74) is -1.64. The largest absolute Gasteiger partial charge is 0.393 e. The van der Waals surface area contributed by atoms with Gasteiger partial charge < -0.3 is 15.5 Å². The van der Waals surface area contributed by atoms with Crippen LogP contribution in [0.2, 0.25) is 5.15 Å². The molecule has 1 unspecified atom stereocenters. The lowest BCUT2D eigenvalue weighted by molar-refractivity contribution is -0.384. The molecule has 0 bridgehead atoms. The molecule has 0 spiro atoms. The summed E-state index contributed by atoms with van der Waals surface area (Å²) in [6.07, 6.45) is 0. The first-order valence-corrected chi connectivity index (χ1v) is 5.11. The molecule has 1 aromatic heterocycles. The van der Waals surface area contributed by atoms with Crippen molar-refractivity contribution in [2.24, 2.45) is 0 Å². The molecule has 17 heavy (non-hydrogen) atoms. The number of nitrogens with zero attached hydrogens (tertiary/aromatic N) is 2. The van der Waals surface area contributed by atoms with Crippen LogP contribution in [-0.4, -0.2) is 38.9 Å². The Hall–Kier alpha value is -1.44.